The van der Waals surface area contributed by atoms with Crippen LogP contribution in [0.1, 0.15) is 57.9 Å². The van der Waals surface area contributed by atoms with E-state index in [4.69, 9.17) is 4.74 Å². The van der Waals surface area contributed by atoms with Crippen molar-refractivity contribution in [3.63, 3.8) is 0 Å². The van der Waals surface area contributed by atoms with Crippen molar-refractivity contribution >= 4 is 0 Å². The van der Waals surface area contributed by atoms with E-state index in [0.29, 0.717) is 0 Å². The molecule has 1 aromatic carbocycles. The molecule has 2 N–H and O–H groups in total. The Kier molecular flexibility index (Phi) is 9.92. The van der Waals surface area contributed by atoms with Gasteiger partial charge in [0.2, 0.25) is 0 Å². The van der Waals surface area contributed by atoms with Crippen LogP contribution in [0.25, 0.3) is 0 Å². The molecule has 1 atom stereocenters. The number of aliphatic hydroxyl groups is 1. The number of rotatable bonds is 12. The maximum atomic E-state index is 9.18. The molecule has 0 aliphatic rings. The van der Waals surface area contributed by atoms with E-state index >= 15 is 0 Å². The number of hydrogen-bond donors (Lipinski definition) is 2. The smallest absolute Gasteiger partial charge is 0.119 e. The van der Waals surface area contributed by atoms with Gasteiger partial charge in [-0.05, 0) is 30.5 Å². The van der Waals surface area contributed by atoms with Gasteiger partial charge in [-0.3, -0.25) is 0 Å². The van der Waals surface area contributed by atoms with Gasteiger partial charge in [0.1, 0.15) is 5.75 Å². The first kappa shape index (κ1) is 18.0. The molecule has 0 radical (unpaired) electrons. The Morgan fingerprint density at radius 1 is 1.14 bits per heavy atom. The second-order valence-electron chi connectivity index (χ2n) is 5.58. The van der Waals surface area contributed by atoms with Crippen LogP contribution in [0.2, 0.25) is 0 Å². The third-order valence-electron chi connectivity index (χ3n) is 3.72. The molecule has 0 saturated carbocycles. The Bertz CT molecular complexity index is 364. The molecule has 0 aliphatic carbocycles. The minimum Gasteiger partial charge on any atom is -0.494 e. The predicted octanol–water partition coefficient (Wildman–Crippen LogP) is 3.90. The lowest BCUT2D eigenvalue weighted by Gasteiger charge is -2.14. The minimum atomic E-state index is 0.174. The van der Waals surface area contributed by atoms with Gasteiger partial charge in [0.15, 0.2) is 0 Å². The van der Waals surface area contributed by atoms with Gasteiger partial charge in [0.05, 0.1) is 13.2 Å². The van der Waals surface area contributed by atoms with E-state index in [9.17, 15) is 5.11 Å². The van der Waals surface area contributed by atoms with Gasteiger partial charge in [-0.15, -0.1) is 0 Å². The van der Waals surface area contributed by atoms with Gasteiger partial charge in [-0.1, -0.05) is 51.7 Å². The molecular formula is C18H31NO2. The van der Waals surface area contributed by atoms with Crippen LogP contribution in [0, 0.1) is 0 Å². The fourth-order valence-corrected chi connectivity index (χ4v) is 2.24. The Hall–Kier alpha value is -1.06. The molecule has 1 aromatic rings. The summed E-state index contributed by atoms with van der Waals surface area (Å²) in [4.78, 5) is 0. The molecule has 3 nitrogen and oxygen atoms in total. The maximum Gasteiger partial charge on any atom is 0.119 e. The van der Waals surface area contributed by atoms with Crippen LogP contribution in [0.3, 0.4) is 0 Å². The van der Waals surface area contributed by atoms with E-state index in [0.717, 1.165) is 31.7 Å². The number of ether oxygens (including phenoxy) is 1. The van der Waals surface area contributed by atoms with E-state index in [-0.39, 0.29) is 12.6 Å². The standard InChI is InChI=1S/C18H31NO2/c1-3-5-6-7-8-12-21-18-11-9-10-16(13-18)14-19-17(4-2)15-20/h9-11,13,17,19-20H,3-8,12,14-15H2,1-2H3. The summed E-state index contributed by atoms with van der Waals surface area (Å²) in [6.45, 7) is 6.06. The molecule has 120 valence electrons. The summed E-state index contributed by atoms with van der Waals surface area (Å²) in [7, 11) is 0. The summed E-state index contributed by atoms with van der Waals surface area (Å²) < 4.78 is 5.81. The number of unbranched alkanes of at least 4 members (excludes halogenated alkanes) is 4. The first-order valence-corrected chi connectivity index (χ1v) is 8.36. The van der Waals surface area contributed by atoms with Crippen molar-refractivity contribution in [1.29, 1.82) is 0 Å². The summed E-state index contributed by atoms with van der Waals surface area (Å²) in [5.74, 6) is 0.946. The van der Waals surface area contributed by atoms with Crippen molar-refractivity contribution < 1.29 is 9.84 Å². The summed E-state index contributed by atoms with van der Waals surface area (Å²) in [5, 5.41) is 12.5. The Balaban J connectivity index is 2.28. The monoisotopic (exact) mass is 293 g/mol. The quantitative estimate of drug-likeness (QED) is 0.574. The molecule has 21 heavy (non-hydrogen) atoms. The second kappa shape index (κ2) is 11.6. The topological polar surface area (TPSA) is 41.5 Å². The molecule has 0 bridgehead atoms. The van der Waals surface area contributed by atoms with E-state index in [1.807, 2.05) is 12.1 Å². The highest BCUT2D eigenvalue weighted by molar-refractivity contribution is 5.28. The SMILES string of the molecule is CCCCCCCOc1cccc(CNC(CC)CO)c1. The number of nitrogens with one attached hydrogen (secondary N) is 1. The van der Waals surface area contributed by atoms with Crippen molar-refractivity contribution in [2.75, 3.05) is 13.2 Å². The number of aliphatic hydroxyl groups excluding tert-OH is 1. The molecule has 1 rings (SSSR count). The van der Waals surface area contributed by atoms with Crippen molar-refractivity contribution in [3.8, 4) is 5.75 Å². The average Bonchev–Trinajstić information content (AvgIpc) is 2.52. The lowest BCUT2D eigenvalue weighted by Crippen LogP contribution is -2.31. The van der Waals surface area contributed by atoms with Crippen LogP contribution in [-0.4, -0.2) is 24.4 Å². The third-order valence-corrected chi connectivity index (χ3v) is 3.72. The molecule has 0 heterocycles. The van der Waals surface area contributed by atoms with Crippen LogP contribution in [0.15, 0.2) is 24.3 Å². The minimum absolute atomic E-state index is 0.174. The highest BCUT2D eigenvalue weighted by atomic mass is 16.5. The fraction of sp³-hybridized carbons (Fsp3) is 0.667. The van der Waals surface area contributed by atoms with Gasteiger partial charge in [-0.25, -0.2) is 0 Å². The summed E-state index contributed by atoms with van der Waals surface area (Å²) >= 11 is 0. The highest BCUT2D eigenvalue weighted by Crippen LogP contribution is 2.14. The predicted molar refractivity (Wildman–Crippen MR) is 88.7 cm³/mol. The Labute approximate surface area is 129 Å². The van der Waals surface area contributed by atoms with Crippen molar-refractivity contribution in [3.05, 3.63) is 29.8 Å². The van der Waals surface area contributed by atoms with Crippen LogP contribution in [-0.2, 0) is 6.54 Å². The largest absolute Gasteiger partial charge is 0.494 e. The molecule has 0 saturated heterocycles. The van der Waals surface area contributed by atoms with Crippen molar-refractivity contribution in [1.82, 2.24) is 5.32 Å². The zero-order valence-corrected chi connectivity index (χ0v) is 13.6. The Morgan fingerprint density at radius 3 is 2.67 bits per heavy atom. The van der Waals surface area contributed by atoms with Gasteiger partial charge in [0, 0.05) is 12.6 Å². The molecule has 1 unspecified atom stereocenters. The molecule has 0 spiro atoms. The number of hydrogen-bond acceptors (Lipinski definition) is 3. The summed E-state index contributed by atoms with van der Waals surface area (Å²) in [6, 6.07) is 8.39. The maximum absolute atomic E-state index is 9.18. The lowest BCUT2D eigenvalue weighted by atomic mass is 10.1. The fourth-order valence-electron chi connectivity index (χ4n) is 2.24. The van der Waals surface area contributed by atoms with Gasteiger partial charge in [-0.2, -0.15) is 0 Å². The van der Waals surface area contributed by atoms with Crippen LogP contribution in [0.4, 0.5) is 0 Å². The van der Waals surface area contributed by atoms with E-state index in [1.165, 1.54) is 31.2 Å². The van der Waals surface area contributed by atoms with E-state index < -0.39 is 0 Å². The molecule has 0 fully saturated rings. The van der Waals surface area contributed by atoms with Crippen LogP contribution >= 0.6 is 0 Å². The van der Waals surface area contributed by atoms with E-state index in [2.05, 4.69) is 31.3 Å². The molecule has 3 heteroatoms. The summed E-state index contributed by atoms with van der Waals surface area (Å²) in [6.07, 6.45) is 7.23. The lowest BCUT2D eigenvalue weighted by molar-refractivity contribution is 0.238. The molecule has 0 amide bonds. The first-order chi connectivity index (χ1) is 10.3. The van der Waals surface area contributed by atoms with E-state index in [1.54, 1.807) is 0 Å². The van der Waals surface area contributed by atoms with Crippen molar-refractivity contribution in [2.24, 2.45) is 0 Å². The van der Waals surface area contributed by atoms with Gasteiger partial charge >= 0.3 is 0 Å². The average molecular weight is 293 g/mol. The number of benzene rings is 1. The normalized spacial score (nSPS) is 12.3. The van der Waals surface area contributed by atoms with Crippen molar-refractivity contribution in [2.45, 2.75) is 65.0 Å². The van der Waals surface area contributed by atoms with Gasteiger partial charge < -0.3 is 15.2 Å². The molecule has 0 aromatic heterocycles. The highest BCUT2D eigenvalue weighted by Gasteiger charge is 2.04. The molecule has 0 aliphatic heterocycles. The second-order valence-corrected chi connectivity index (χ2v) is 5.58. The Morgan fingerprint density at radius 2 is 1.95 bits per heavy atom. The zero-order valence-electron chi connectivity index (χ0n) is 13.6. The van der Waals surface area contributed by atoms with Crippen LogP contribution in [0.5, 0.6) is 5.75 Å². The van der Waals surface area contributed by atoms with Crippen LogP contribution < -0.4 is 10.1 Å². The zero-order chi connectivity index (χ0) is 15.3. The third kappa shape index (κ3) is 8.08. The molecular weight excluding hydrogens is 262 g/mol. The first-order valence-electron chi connectivity index (χ1n) is 8.36. The van der Waals surface area contributed by atoms with Gasteiger partial charge in [0.25, 0.3) is 0 Å². The summed E-state index contributed by atoms with van der Waals surface area (Å²) in [5.41, 5.74) is 1.20.